The number of alkyl halides is 3. The fourth-order valence-electron chi connectivity index (χ4n) is 2.23. The normalized spacial score (nSPS) is 18.4. The van der Waals surface area contributed by atoms with E-state index in [9.17, 15) is 13.2 Å². The Morgan fingerprint density at radius 1 is 1.39 bits per heavy atom. The Balaban J connectivity index is 2.06. The minimum atomic E-state index is -4.31. The van der Waals surface area contributed by atoms with E-state index in [4.69, 9.17) is 0 Å². The number of hydrogen-bond acceptors (Lipinski definition) is 2. The van der Waals surface area contributed by atoms with Crippen LogP contribution in [-0.2, 0) is 6.18 Å². The maximum atomic E-state index is 12.4. The predicted octanol–water partition coefficient (Wildman–Crippen LogP) is 3.55. The lowest BCUT2D eigenvalue weighted by molar-refractivity contribution is -0.137. The monoisotopic (exact) mass is 258 g/mol. The topological polar surface area (TPSA) is 24.9 Å². The summed E-state index contributed by atoms with van der Waals surface area (Å²) in [6.07, 6.45) is 1.27. The number of pyridine rings is 1. The second kappa shape index (κ2) is 5.26. The van der Waals surface area contributed by atoms with Crippen LogP contribution in [0.25, 0.3) is 0 Å². The van der Waals surface area contributed by atoms with E-state index in [1.165, 1.54) is 25.3 Å². The van der Waals surface area contributed by atoms with E-state index in [-0.39, 0.29) is 6.04 Å². The molecule has 1 saturated carbocycles. The molecule has 0 aromatic carbocycles. The van der Waals surface area contributed by atoms with Crippen molar-refractivity contribution in [1.82, 2.24) is 10.3 Å². The highest BCUT2D eigenvalue weighted by Gasteiger charge is 2.31. The van der Waals surface area contributed by atoms with E-state index in [1.54, 1.807) is 0 Å². The summed E-state index contributed by atoms with van der Waals surface area (Å²) in [5, 5.41) is 3.13. The van der Waals surface area contributed by atoms with Crippen LogP contribution in [0.1, 0.15) is 43.0 Å². The fraction of sp³-hybridized carbons (Fsp3) is 0.615. The third kappa shape index (κ3) is 3.02. The van der Waals surface area contributed by atoms with Crippen molar-refractivity contribution >= 4 is 0 Å². The molecule has 1 N–H and O–H groups in total. The third-order valence-corrected chi connectivity index (χ3v) is 3.61. The first-order chi connectivity index (χ1) is 8.50. The number of halogens is 3. The summed E-state index contributed by atoms with van der Waals surface area (Å²) in [6.45, 7) is 0. The molecule has 100 valence electrons. The van der Waals surface area contributed by atoms with Crippen molar-refractivity contribution in [3.05, 3.63) is 29.6 Å². The van der Waals surface area contributed by atoms with Gasteiger partial charge in [0, 0.05) is 12.2 Å². The van der Waals surface area contributed by atoms with E-state index >= 15 is 0 Å². The van der Waals surface area contributed by atoms with E-state index in [0.717, 1.165) is 18.7 Å². The molecule has 2 rings (SSSR count). The molecule has 1 aliphatic rings. The minimum absolute atomic E-state index is 0.0533. The maximum absolute atomic E-state index is 12.4. The fourth-order valence-corrected chi connectivity index (χ4v) is 2.23. The van der Waals surface area contributed by atoms with Gasteiger partial charge in [-0.1, -0.05) is 19.3 Å². The molecule has 1 aromatic heterocycles. The molecule has 1 unspecified atom stereocenters. The van der Waals surface area contributed by atoms with Crippen molar-refractivity contribution in [3.63, 3.8) is 0 Å². The Morgan fingerprint density at radius 2 is 2.11 bits per heavy atom. The molecule has 5 heteroatoms. The van der Waals surface area contributed by atoms with Crippen molar-refractivity contribution < 1.29 is 13.2 Å². The molecule has 1 fully saturated rings. The minimum Gasteiger partial charge on any atom is -0.312 e. The van der Waals surface area contributed by atoms with E-state index < -0.39 is 11.7 Å². The number of hydrogen-bond donors (Lipinski definition) is 1. The molecule has 1 aromatic rings. The van der Waals surface area contributed by atoms with Crippen LogP contribution in [0.4, 0.5) is 13.2 Å². The Hall–Kier alpha value is -1.10. The SMILES string of the molecule is CNC(CC1CCC1)c1ccc(C(F)(F)F)cn1. The second-order valence-electron chi connectivity index (χ2n) is 4.84. The molecule has 0 amide bonds. The second-order valence-corrected chi connectivity index (χ2v) is 4.84. The van der Waals surface area contributed by atoms with Gasteiger partial charge in [0.05, 0.1) is 11.3 Å². The van der Waals surface area contributed by atoms with Gasteiger partial charge in [-0.3, -0.25) is 4.98 Å². The van der Waals surface area contributed by atoms with Crippen LogP contribution in [0, 0.1) is 5.92 Å². The average Bonchev–Trinajstić information content (AvgIpc) is 2.27. The number of nitrogens with one attached hydrogen (secondary N) is 1. The summed E-state index contributed by atoms with van der Waals surface area (Å²) in [6, 6.07) is 2.63. The van der Waals surface area contributed by atoms with Crippen molar-refractivity contribution in [3.8, 4) is 0 Å². The van der Waals surface area contributed by atoms with Gasteiger partial charge in [-0.15, -0.1) is 0 Å². The zero-order valence-electron chi connectivity index (χ0n) is 10.3. The summed E-state index contributed by atoms with van der Waals surface area (Å²) in [5.74, 6) is 0.687. The predicted molar refractivity (Wildman–Crippen MR) is 63.0 cm³/mol. The van der Waals surface area contributed by atoms with Gasteiger partial charge >= 0.3 is 6.18 Å². The highest BCUT2D eigenvalue weighted by Crippen LogP contribution is 2.35. The summed E-state index contributed by atoms with van der Waals surface area (Å²) in [4.78, 5) is 3.95. The first-order valence-corrected chi connectivity index (χ1v) is 6.21. The Bertz CT molecular complexity index is 382. The zero-order chi connectivity index (χ0) is 13.2. The van der Waals surface area contributed by atoms with Crippen LogP contribution in [0.3, 0.4) is 0 Å². The Morgan fingerprint density at radius 3 is 2.50 bits per heavy atom. The van der Waals surface area contributed by atoms with Crippen LogP contribution < -0.4 is 5.32 Å². The van der Waals surface area contributed by atoms with Crippen LogP contribution in [0.2, 0.25) is 0 Å². The third-order valence-electron chi connectivity index (χ3n) is 3.61. The number of nitrogens with zero attached hydrogens (tertiary/aromatic N) is 1. The lowest BCUT2D eigenvalue weighted by Gasteiger charge is -2.29. The molecule has 1 atom stereocenters. The van der Waals surface area contributed by atoms with Gasteiger partial charge in [-0.2, -0.15) is 13.2 Å². The highest BCUT2D eigenvalue weighted by molar-refractivity contribution is 5.19. The quantitative estimate of drug-likeness (QED) is 0.893. The molecule has 1 aliphatic carbocycles. The van der Waals surface area contributed by atoms with Gasteiger partial charge in [0.15, 0.2) is 0 Å². The first-order valence-electron chi connectivity index (χ1n) is 6.21. The Labute approximate surface area is 105 Å². The number of aromatic nitrogens is 1. The summed E-state index contributed by atoms with van der Waals surface area (Å²) >= 11 is 0. The maximum Gasteiger partial charge on any atom is 0.417 e. The lowest BCUT2D eigenvalue weighted by Crippen LogP contribution is -2.24. The van der Waals surface area contributed by atoms with Crippen LogP contribution in [0.5, 0.6) is 0 Å². The van der Waals surface area contributed by atoms with E-state index in [1.807, 2.05) is 7.05 Å². The molecular formula is C13H17F3N2. The summed E-state index contributed by atoms with van der Waals surface area (Å²) in [7, 11) is 1.82. The summed E-state index contributed by atoms with van der Waals surface area (Å²) in [5.41, 5.74) is 0.00199. The van der Waals surface area contributed by atoms with Gasteiger partial charge in [0.2, 0.25) is 0 Å². The lowest BCUT2D eigenvalue weighted by atomic mass is 9.80. The van der Waals surface area contributed by atoms with Gasteiger partial charge in [-0.05, 0) is 31.5 Å². The molecule has 0 saturated heterocycles. The van der Waals surface area contributed by atoms with Crippen LogP contribution in [-0.4, -0.2) is 12.0 Å². The molecule has 0 bridgehead atoms. The Kier molecular flexibility index (Phi) is 3.90. The molecule has 0 aliphatic heterocycles. The van der Waals surface area contributed by atoms with Gasteiger partial charge in [0.25, 0.3) is 0 Å². The van der Waals surface area contributed by atoms with Crippen molar-refractivity contribution in [2.45, 2.75) is 37.9 Å². The van der Waals surface area contributed by atoms with Crippen molar-refractivity contribution in [2.75, 3.05) is 7.05 Å². The highest BCUT2D eigenvalue weighted by atomic mass is 19.4. The van der Waals surface area contributed by atoms with Crippen LogP contribution in [0.15, 0.2) is 18.3 Å². The molecule has 1 heterocycles. The van der Waals surface area contributed by atoms with Gasteiger partial charge < -0.3 is 5.32 Å². The standard InChI is InChI=1S/C13H17F3N2/c1-17-12(7-9-3-2-4-9)11-6-5-10(8-18-11)13(14,15)16/h5-6,8-9,12,17H,2-4,7H2,1H3. The van der Waals surface area contributed by atoms with Crippen molar-refractivity contribution in [2.24, 2.45) is 5.92 Å². The zero-order valence-corrected chi connectivity index (χ0v) is 10.3. The van der Waals surface area contributed by atoms with Gasteiger partial charge in [0.1, 0.15) is 0 Å². The molecule has 2 nitrogen and oxygen atoms in total. The molecular weight excluding hydrogens is 241 g/mol. The summed E-state index contributed by atoms with van der Waals surface area (Å²) < 4.78 is 37.3. The first kappa shape index (κ1) is 13.3. The van der Waals surface area contributed by atoms with Gasteiger partial charge in [-0.25, -0.2) is 0 Å². The average molecular weight is 258 g/mol. The molecule has 18 heavy (non-hydrogen) atoms. The van der Waals surface area contributed by atoms with Crippen molar-refractivity contribution in [1.29, 1.82) is 0 Å². The smallest absolute Gasteiger partial charge is 0.312 e. The molecule has 0 spiro atoms. The number of rotatable bonds is 4. The molecule has 0 radical (unpaired) electrons. The van der Waals surface area contributed by atoms with Crippen LogP contribution >= 0.6 is 0 Å². The van der Waals surface area contributed by atoms with E-state index in [2.05, 4.69) is 10.3 Å². The largest absolute Gasteiger partial charge is 0.417 e. The van der Waals surface area contributed by atoms with E-state index in [0.29, 0.717) is 11.6 Å².